The predicted molar refractivity (Wildman–Crippen MR) is 95.9 cm³/mol. The molecule has 0 radical (unpaired) electrons. The van der Waals surface area contributed by atoms with Crippen molar-refractivity contribution >= 4 is 23.7 Å². The third-order valence-electron chi connectivity index (χ3n) is 4.17. The molecule has 1 aromatic heterocycles. The van der Waals surface area contributed by atoms with Crippen LogP contribution in [0.1, 0.15) is 41.1 Å². The van der Waals surface area contributed by atoms with E-state index in [1.807, 2.05) is 17.5 Å². The maximum Gasteiger partial charge on any atom is 0.107 e. The van der Waals surface area contributed by atoms with Crippen molar-refractivity contribution in [3.05, 3.63) is 52.0 Å². The highest BCUT2D eigenvalue weighted by Crippen LogP contribution is 2.29. The van der Waals surface area contributed by atoms with Gasteiger partial charge < -0.3 is 5.73 Å². The first-order valence-corrected chi connectivity index (χ1v) is 8.42. The molecule has 2 aromatic rings. The molecule has 1 aliphatic rings. The minimum absolute atomic E-state index is 0. The minimum atomic E-state index is 0. The highest BCUT2D eigenvalue weighted by Gasteiger charge is 2.31. The van der Waals surface area contributed by atoms with Gasteiger partial charge in [-0.2, -0.15) is 0 Å². The lowest BCUT2D eigenvalue weighted by atomic mass is 9.95. The summed E-state index contributed by atoms with van der Waals surface area (Å²) in [4.78, 5) is 8.36. The van der Waals surface area contributed by atoms with Crippen LogP contribution in [0.5, 0.6) is 0 Å². The number of nitrogens with zero attached hydrogens (tertiary/aromatic N) is 2. The average molecular weight is 338 g/mol. The van der Waals surface area contributed by atoms with Crippen LogP contribution in [0, 0.1) is 0 Å². The summed E-state index contributed by atoms with van der Waals surface area (Å²) in [6, 6.07) is 10.9. The Hall–Kier alpha value is -0.940. The summed E-state index contributed by atoms with van der Waals surface area (Å²) < 4.78 is 0. The van der Waals surface area contributed by atoms with E-state index >= 15 is 0 Å². The Morgan fingerprint density at radius 2 is 2.00 bits per heavy atom. The highest BCUT2D eigenvalue weighted by atomic mass is 35.5. The molecule has 5 heteroatoms. The van der Waals surface area contributed by atoms with Gasteiger partial charge in [-0.15, -0.1) is 23.7 Å². The van der Waals surface area contributed by atoms with E-state index in [1.165, 1.54) is 15.4 Å². The number of hydrogen-bond acceptors (Lipinski definition) is 4. The first-order chi connectivity index (χ1) is 10.1. The number of hydrogen-bond donors (Lipinski definition) is 1. The van der Waals surface area contributed by atoms with E-state index in [0.29, 0.717) is 11.8 Å². The second-order valence-electron chi connectivity index (χ2n) is 6.19. The first kappa shape index (κ1) is 17.4. The molecule has 0 amide bonds. The molecule has 2 N–H and O–H groups in total. The molecule has 2 atom stereocenters. The van der Waals surface area contributed by atoms with Crippen LogP contribution < -0.4 is 5.73 Å². The Morgan fingerprint density at radius 1 is 1.27 bits per heavy atom. The summed E-state index contributed by atoms with van der Waals surface area (Å²) in [5.74, 6) is 1.00. The SMILES string of the molecule is CC(C)c1cnc(CN2C[C@@H](N)[C@H](c3ccccc3)C2)s1.Cl. The molecule has 2 heterocycles. The maximum absolute atomic E-state index is 6.35. The smallest absolute Gasteiger partial charge is 0.107 e. The van der Waals surface area contributed by atoms with Gasteiger partial charge in [0.05, 0.1) is 6.54 Å². The fourth-order valence-corrected chi connectivity index (χ4v) is 3.92. The van der Waals surface area contributed by atoms with Crippen LogP contribution in [0.4, 0.5) is 0 Å². The monoisotopic (exact) mass is 337 g/mol. The lowest BCUT2D eigenvalue weighted by Crippen LogP contribution is -2.28. The third kappa shape index (κ3) is 3.87. The largest absolute Gasteiger partial charge is 0.326 e. The fourth-order valence-electron chi connectivity index (χ4n) is 2.95. The topological polar surface area (TPSA) is 42.2 Å². The quantitative estimate of drug-likeness (QED) is 0.926. The van der Waals surface area contributed by atoms with E-state index in [2.05, 4.69) is 54.1 Å². The molecule has 0 bridgehead atoms. The number of likely N-dealkylation sites (tertiary alicyclic amines) is 1. The zero-order chi connectivity index (χ0) is 14.8. The number of halogens is 1. The summed E-state index contributed by atoms with van der Waals surface area (Å²) in [6.45, 7) is 7.34. The Balaban J connectivity index is 0.00000176. The summed E-state index contributed by atoms with van der Waals surface area (Å²) in [7, 11) is 0. The Kier molecular flexibility index (Phi) is 5.98. The predicted octanol–water partition coefficient (Wildman–Crippen LogP) is 3.62. The van der Waals surface area contributed by atoms with Gasteiger partial charge in [-0.25, -0.2) is 4.98 Å². The Morgan fingerprint density at radius 3 is 2.64 bits per heavy atom. The molecule has 22 heavy (non-hydrogen) atoms. The lowest BCUT2D eigenvalue weighted by molar-refractivity contribution is 0.323. The van der Waals surface area contributed by atoms with Gasteiger partial charge in [0.25, 0.3) is 0 Å². The van der Waals surface area contributed by atoms with Gasteiger partial charge in [-0.05, 0) is 11.5 Å². The van der Waals surface area contributed by atoms with Gasteiger partial charge in [-0.1, -0.05) is 44.2 Å². The van der Waals surface area contributed by atoms with Crippen LogP contribution >= 0.6 is 23.7 Å². The Labute approximate surface area is 143 Å². The van der Waals surface area contributed by atoms with Crippen LogP contribution in [0.2, 0.25) is 0 Å². The highest BCUT2D eigenvalue weighted by molar-refractivity contribution is 7.11. The average Bonchev–Trinajstić information content (AvgIpc) is 3.07. The van der Waals surface area contributed by atoms with E-state index in [4.69, 9.17) is 5.73 Å². The molecule has 3 rings (SSSR count). The van der Waals surface area contributed by atoms with Crippen LogP contribution in [0.3, 0.4) is 0 Å². The second kappa shape index (κ2) is 7.55. The maximum atomic E-state index is 6.35. The van der Waals surface area contributed by atoms with Crippen molar-refractivity contribution in [3.63, 3.8) is 0 Å². The van der Waals surface area contributed by atoms with Crippen LogP contribution in [0.15, 0.2) is 36.5 Å². The van der Waals surface area contributed by atoms with Crippen LogP contribution in [-0.2, 0) is 6.54 Å². The molecule has 1 aliphatic heterocycles. The van der Waals surface area contributed by atoms with Crippen LogP contribution in [-0.4, -0.2) is 29.0 Å². The number of aromatic nitrogens is 1. The minimum Gasteiger partial charge on any atom is -0.326 e. The van der Waals surface area contributed by atoms with E-state index in [9.17, 15) is 0 Å². The van der Waals surface area contributed by atoms with Crippen molar-refractivity contribution in [1.82, 2.24) is 9.88 Å². The Bertz CT molecular complexity index is 585. The van der Waals surface area contributed by atoms with E-state index in [0.717, 1.165) is 19.6 Å². The van der Waals surface area contributed by atoms with Gasteiger partial charge in [0.2, 0.25) is 0 Å². The molecule has 1 fully saturated rings. The molecular formula is C17H24ClN3S. The third-order valence-corrected chi connectivity index (χ3v) is 5.45. The molecule has 0 unspecified atom stereocenters. The van der Waals surface area contributed by atoms with Crippen molar-refractivity contribution in [3.8, 4) is 0 Å². The molecule has 3 nitrogen and oxygen atoms in total. The molecule has 0 aliphatic carbocycles. The van der Waals surface area contributed by atoms with Gasteiger partial charge in [0, 0.05) is 36.1 Å². The molecule has 1 aromatic carbocycles. The number of benzene rings is 1. The summed E-state index contributed by atoms with van der Waals surface area (Å²) in [5.41, 5.74) is 7.71. The van der Waals surface area contributed by atoms with Crippen LogP contribution in [0.25, 0.3) is 0 Å². The van der Waals surface area contributed by atoms with E-state index < -0.39 is 0 Å². The first-order valence-electron chi connectivity index (χ1n) is 7.61. The van der Waals surface area contributed by atoms with Gasteiger partial charge >= 0.3 is 0 Å². The summed E-state index contributed by atoms with van der Waals surface area (Å²) in [5, 5.41) is 1.21. The normalized spacial score (nSPS) is 22.0. The van der Waals surface area contributed by atoms with Crippen molar-refractivity contribution < 1.29 is 0 Å². The zero-order valence-corrected chi connectivity index (χ0v) is 14.7. The van der Waals surface area contributed by atoms with Crippen molar-refractivity contribution in [2.75, 3.05) is 13.1 Å². The van der Waals surface area contributed by atoms with Gasteiger partial charge in [0.1, 0.15) is 5.01 Å². The second-order valence-corrected chi connectivity index (χ2v) is 7.33. The van der Waals surface area contributed by atoms with Crippen molar-refractivity contribution in [2.45, 2.75) is 38.3 Å². The lowest BCUT2D eigenvalue weighted by Gasteiger charge is -2.15. The van der Waals surface area contributed by atoms with Gasteiger partial charge in [0.15, 0.2) is 0 Å². The van der Waals surface area contributed by atoms with E-state index in [1.54, 1.807) is 0 Å². The fraction of sp³-hybridized carbons (Fsp3) is 0.471. The van der Waals surface area contributed by atoms with E-state index in [-0.39, 0.29) is 18.4 Å². The number of nitrogens with two attached hydrogens (primary N) is 1. The van der Waals surface area contributed by atoms with Gasteiger partial charge in [-0.3, -0.25) is 4.90 Å². The molecule has 1 saturated heterocycles. The molecular weight excluding hydrogens is 314 g/mol. The number of thiazole rings is 1. The standard InChI is InChI=1S/C17H23N3S.ClH/c1-12(2)16-8-19-17(21-16)11-20-9-14(15(18)10-20)13-6-4-3-5-7-13;/h3-8,12,14-15H,9-11,18H2,1-2H3;1H/t14-,15+;/m0./s1. The molecule has 120 valence electrons. The van der Waals surface area contributed by atoms with Crippen molar-refractivity contribution in [1.29, 1.82) is 0 Å². The molecule has 0 spiro atoms. The number of rotatable bonds is 4. The molecule has 0 saturated carbocycles. The summed E-state index contributed by atoms with van der Waals surface area (Å²) >= 11 is 1.83. The zero-order valence-electron chi connectivity index (χ0n) is 13.1. The van der Waals surface area contributed by atoms with Crippen molar-refractivity contribution in [2.24, 2.45) is 5.73 Å². The summed E-state index contributed by atoms with van der Waals surface area (Å²) in [6.07, 6.45) is 2.02.